The molecule has 1 saturated heterocycles. The Hall–Kier alpha value is -0.940. The Morgan fingerprint density at radius 1 is 1.65 bits per heavy atom. The molecule has 0 spiro atoms. The predicted molar refractivity (Wildman–Crippen MR) is 67.5 cm³/mol. The fraction of sp³-hybridized carbons (Fsp3) is 0.583. The molecule has 0 amide bonds. The van der Waals surface area contributed by atoms with Gasteiger partial charge in [0.05, 0.1) is 12.1 Å². The zero-order valence-corrected chi connectivity index (χ0v) is 10.9. The van der Waals surface area contributed by atoms with Gasteiger partial charge in [-0.1, -0.05) is 6.92 Å². The molecular formula is C12H17NO3S. The minimum atomic E-state index is -0.935. The van der Waals surface area contributed by atoms with Gasteiger partial charge in [-0.3, -0.25) is 4.90 Å². The third-order valence-electron chi connectivity index (χ3n) is 3.27. The largest absolute Gasteiger partial charge is 0.478 e. The van der Waals surface area contributed by atoms with Crippen molar-refractivity contribution in [3.8, 4) is 0 Å². The van der Waals surface area contributed by atoms with Gasteiger partial charge in [0, 0.05) is 23.6 Å². The summed E-state index contributed by atoms with van der Waals surface area (Å²) in [7, 11) is 0. The lowest BCUT2D eigenvalue weighted by Crippen LogP contribution is -2.43. The first-order chi connectivity index (χ1) is 8.08. The van der Waals surface area contributed by atoms with Gasteiger partial charge in [-0.2, -0.15) is 11.8 Å². The van der Waals surface area contributed by atoms with Crippen molar-refractivity contribution in [1.82, 2.24) is 4.90 Å². The Morgan fingerprint density at radius 3 is 3.06 bits per heavy atom. The second-order valence-corrected chi connectivity index (χ2v) is 5.88. The van der Waals surface area contributed by atoms with Gasteiger partial charge in [0.25, 0.3) is 0 Å². The van der Waals surface area contributed by atoms with E-state index < -0.39 is 5.97 Å². The van der Waals surface area contributed by atoms with Crippen molar-refractivity contribution >= 4 is 17.7 Å². The van der Waals surface area contributed by atoms with Crippen molar-refractivity contribution in [1.29, 1.82) is 0 Å². The highest BCUT2D eigenvalue weighted by atomic mass is 32.2. The van der Waals surface area contributed by atoms with Gasteiger partial charge in [0.2, 0.25) is 0 Å². The minimum Gasteiger partial charge on any atom is -0.478 e. The molecule has 1 aliphatic rings. The second-order valence-electron chi connectivity index (χ2n) is 4.39. The number of nitrogens with zero attached hydrogens (tertiary/aromatic N) is 1. The molecule has 2 atom stereocenters. The molecule has 0 aliphatic carbocycles. The first-order valence-corrected chi connectivity index (χ1v) is 6.79. The number of furan rings is 1. The maximum absolute atomic E-state index is 10.7. The maximum atomic E-state index is 10.7. The molecule has 0 bridgehead atoms. The maximum Gasteiger partial charge on any atom is 0.338 e. The number of carbonyl (C=O) groups is 1. The molecule has 2 rings (SSSR count). The number of hydrogen-bond donors (Lipinski definition) is 1. The monoisotopic (exact) mass is 255 g/mol. The van der Waals surface area contributed by atoms with E-state index in [4.69, 9.17) is 9.52 Å². The second kappa shape index (κ2) is 5.14. The first kappa shape index (κ1) is 12.5. The molecule has 0 saturated carbocycles. The average molecular weight is 255 g/mol. The molecule has 17 heavy (non-hydrogen) atoms. The van der Waals surface area contributed by atoms with E-state index in [1.165, 1.54) is 6.26 Å². The molecule has 1 aromatic heterocycles. The standard InChI is InChI=1S/C12H17NO3S/c1-8-9(2)17-4-3-13(8)6-11-5-10(7-16-11)12(14)15/h5,7-9H,3-4,6H2,1-2H3,(H,14,15). The molecule has 94 valence electrons. The minimum absolute atomic E-state index is 0.229. The number of carboxylic acid groups (broad SMARTS) is 1. The third kappa shape index (κ3) is 2.84. The SMILES string of the molecule is CC1SCCN(Cc2cc(C(=O)O)co2)C1C. The molecule has 5 heteroatoms. The van der Waals surface area contributed by atoms with E-state index in [-0.39, 0.29) is 5.56 Å². The van der Waals surface area contributed by atoms with E-state index in [9.17, 15) is 4.79 Å². The van der Waals surface area contributed by atoms with Crippen LogP contribution in [0.4, 0.5) is 0 Å². The number of aromatic carboxylic acids is 1. The zero-order valence-electron chi connectivity index (χ0n) is 10.0. The van der Waals surface area contributed by atoms with Gasteiger partial charge < -0.3 is 9.52 Å². The summed E-state index contributed by atoms with van der Waals surface area (Å²) in [5.41, 5.74) is 0.229. The zero-order chi connectivity index (χ0) is 12.4. The highest BCUT2D eigenvalue weighted by Crippen LogP contribution is 2.25. The normalized spacial score (nSPS) is 26.0. The van der Waals surface area contributed by atoms with E-state index in [2.05, 4.69) is 18.7 Å². The van der Waals surface area contributed by atoms with Crippen molar-refractivity contribution in [2.45, 2.75) is 31.7 Å². The summed E-state index contributed by atoms with van der Waals surface area (Å²) in [6.45, 7) is 6.16. The lowest BCUT2D eigenvalue weighted by atomic mass is 10.2. The van der Waals surface area contributed by atoms with Crippen molar-refractivity contribution in [2.75, 3.05) is 12.3 Å². The van der Waals surface area contributed by atoms with Crippen molar-refractivity contribution in [3.05, 3.63) is 23.7 Å². The summed E-state index contributed by atoms with van der Waals surface area (Å²) in [5.74, 6) is 0.918. The molecule has 1 N–H and O–H groups in total. The van der Waals surface area contributed by atoms with Crippen LogP contribution >= 0.6 is 11.8 Å². The lowest BCUT2D eigenvalue weighted by molar-refractivity contribution is 0.0696. The fourth-order valence-corrected chi connectivity index (χ4v) is 3.16. The van der Waals surface area contributed by atoms with Crippen LogP contribution in [0.5, 0.6) is 0 Å². The molecule has 1 aromatic rings. The van der Waals surface area contributed by atoms with E-state index in [0.717, 1.165) is 18.1 Å². The van der Waals surface area contributed by atoms with E-state index in [1.54, 1.807) is 6.07 Å². The Bertz CT molecular complexity index is 404. The molecule has 2 unspecified atom stereocenters. The highest BCUT2D eigenvalue weighted by Gasteiger charge is 2.25. The highest BCUT2D eigenvalue weighted by molar-refractivity contribution is 8.00. The van der Waals surface area contributed by atoms with Gasteiger partial charge in [-0.05, 0) is 13.0 Å². The first-order valence-electron chi connectivity index (χ1n) is 5.74. The molecule has 1 fully saturated rings. The summed E-state index contributed by atoms with van der Waals surface area (Å²) in [5, 5.41) is 9.43. The van der Waals surface area contributed by atoms with Crippen LogP contribution in [-0.4, -0.2) is 39.6 Å². The number of hydrogen-bond acceptors (Lipinski definition) is 4. The molecule has 2 heterocycles. The van der Waals surface area contributed by atoms with Crippen molar-refractivity contribution in [2.24, 2.45) is 0 Å². The van der Waals surface area contributed by atoms with E-state index >= 15 is 0 Å². The molecule has 1 aliphatic heterocycles. The Kier molecular flexibility index (Phi) is 3.79. The van der Waals surface area contributed by atoms with Gasteiger partial charge >= 0.3 is 5.97 Å². The molecule has 0 radical (unpaired) electrons. The Labute approximate surface area is 105 Å². The Balaban J connectivity index is 2.01. The molecule has 0 aromatic carbocycles. The van der Waals surface area contributed by atoms with Crippen LogP contribution in [0, 0.1) is 0 Å². The van der Waals surface area contributed by atoms with Gasteiger partial charge in [0.1, 0.15) is 12.0 Å². The topological polar surface area (TPSA) is 53.7 Å². The molecular weight excluding hydrogens is 238 g/mol. The summed E-state index contributed by atoms with van der Waals surface area (Å²) in [4.78, 5) is 13.1. The van der Waals surface area contributed by atoms with Crippen LogP contribution in [-0.2, 0) is 6.54 Å². The van der Waals surface area contributed by atoms with Crippen LogP contribution in [0.15, 0.2) is 16.7 Å². The van der Waals surface area contributed by atoms with Crippen molar-refractivity contribution in [3.63, 3.8) is 0 Å². The van der Waals surface area contributed by atoms with Crippen LogP contribution in [0.1, 0.15) is 30.0 Å². The van der Waals surface area contributed by atoms with Crippen molar-refractivity contribution < 1.29 is 14.3 Å². The summed E-state index contributed by atoms with van der Waals surface area (Å²) >= 11 is 1.98. The van der Waals surface area contributed by atoms with E-state index in [1.807, 2.05) is 11.8 Å². The number of thioether (sulfide) groups is 1. The summed E-state index contributed by atoms with van der Waals surface area (Å²) in [6, 6.07) is 2.11. The fourth-order valence-electron chi connectivity index (χ4n) is 1.99. The van der Waals surface area contributed by atoms with Crippen LogP contribution in [0.3, 0.4) is 0 Å². The van der Waals surface area contributed by atoms with Crippen LogP contribution in [0.25, 0.3) is 0 Å². The third-order valence-corrected chi connectivity index (χ3v) is 4.61. The smallest absolute Gasteiger partial charge is 0.338 e. The van der Waals surface area contributed by atoms with Gasteiger partial charge in [-0.25, -0.2) is 4.79 Å². The molecule has 4 nitrogen and oxygen atoms in total. The van der Waals surface area contributed by atoms with Gasteiger partial charge in [0.15, 0.2) is 0 Å². The van der Waals surface area contributed by atoms with Gasteiger partial charge in [-0.15, -0.1) is 0 Å². The quantitative estimate of drug-likeness (QED) is 0.898. The number of carboxylic acids is 1. The summed E-state index contributed by atoms with van der Waals surface area (Å²) < 4.78 is 5.28. The van der Waals surface area contributed by atoms with Crippen LogP contribution < -0.4 is 0 Å². The van der Waals surface area contributed by atoms with Crippen LogP contribution in [0.2, 0.25) is 0 Å². The van der Waals surface area contributed by atoms with E-state index in [0.29, 0.717) is 17.8 Å². The number of rotatable bonds is 3. The predicted octanol–water partition coefficient (Wildman–Crippen LogP) is 2.30. The lowest BCUT2D eigenvalue weighted by Gasteiger charge is -2.36. The average Bonchev–Trinajstić information content (AvgIpc) is 2.73. The summed E-state index contributed by atoms with van der Waals surface area (Å²) in [6.07, 6.45) is 1.31. The Morgan fingerprint density at radius 2 is 2.41 bits per heavy atom.